The second kappa shape index (κ2) is 9.85. The molecular weight excluding hydrogens is 454 g/mol. The van der Waals surface area contributed by atoms with Gasteiger partial charge in [0.2, 0.25) is 0 Å². The molecule has 0 spiro atoms. The van der Waals surface area contributed by atoms with Crippen LogP contribution in [0.5, 0.6) is 0 Å². The molecule has 0 unspecified atom stereocenters. The van der Waals surface area contributed by atoms with Gasteiger partial charge < -0.3 is 14.7 Å². The van der Waals surface area contributed by atoms with E-state index < -0.39 is 5.54 Å². The molecule has 0 saturated carbocycles. The van der Waals surface area contributed by atoms with Gasteiger partial charge in [-0.2, -0.15) is 0 Å². The van der Waals surface area contributed by atoms with Crippen LogP contribution in [0.15, 0.2) is 16.1 Å². The van der Waals surface area contributed by atoms with E-state index in [9.17, 15) is 14.4 Å². The Morgan fingerprint density at radius 1 is 1.32 bits per heavy atom. The lowest BCUT2D eigenvalue weighted by Gasteiger charge is -2.40. The largest absolute Gasteiger partial charge is 0.361 e. The fourth-order valence-electron chi connectivity index (χ4n) is 5.08. The van der Waals surface area contributed by atoms with Gasteiger partial charge in [0.1, 0.15) is 11.3 Å². The topological polar surface area (TPSA) is 109 Å². The third kappa shape index (κ3) is 4.60. The van der Waals surface area contributed by atoms with Crippen molar-refractivity contribution in [2.24, 2.45) is 11.8 Å². The molecular formula is C24H33N5O4S. The summed E-state index contributed by atoms with van der Waals surface area (Å²) in [6, 6.07) is 1.40. The van der Waals surface area contributed by atoms with Crippen LogP contribution in [0.2, 0.25) is 0 Å². The highest BCUT2D eigenvalue weighted by molar-refractivity contribution is 7.09. The van der Waals surface area contributed by atoms with Crippen molar-refractivity contribution < 1.29 is 18.9 Å². The molecule has 2 aromatic rings. The van der Waals surface area contributed by atoms with Crippen molar-refractivity contribution >= 4 is 29.2 Å². The highest BCUT2D eigenvalue weighted by Gasteiger charge is 2.54. The number of imide groups is 1. The third-order valence-electron chi connectivity index (χ3n) is 7.03. The Morgan fingerprint density at radius 2 is 2.06 bits per heavy atom. The molecule has 2 fully saturated rings. The van der Waals surface area contributed by atoms with Gasteiger partial charge in [0.25, 0.3) is 11.8 Å². The Hall–Kier alpha value is -2.75. The van der Waals surface area contributed by atoms with E-state index >= 15 is 0 Å². The zero-order valence-electron chi connectivity index (χ0n) is 20.3. The van der Waals surface area contributed by atoms with Gasteiger partial charge in [-0.15, -0.1) is 11.3 Å². The number of aryl methyl sites for hydroxylation is 1. The average Bonchev–Trinajstić information content (AvgIpc) is 3.51. The maximum atomic E-state index is 13.5. The minimum atomic E-state index is -0.909. The number of rotatable bonds is 8. The van der Waals surface area contributed by atoms with E-state index in [1.807, 2.05) is 13.8 Å². The van der Waals surface area contributed by atoms with Gasteiger partial charge in [0.05, 0.1) is 11.2 Å². The average molecular weight is 488 g/mol. The highest BCUT2D eigenvalue weighted by Crippen LogP contribution is 2.36. The van der Waals surface area contributed by atoms with Crippen molar-refractivity contribution in [3.8, 4) is 0 Å². The third-order valence-corrected chi connectivity index (χ3v) is 8.03. The molecule has 10 heteroatoms. The van der Waals surface area contributed by atoms with Gasteiger partial charge in [0.15, 0.2) is 5.69 Å². The van der Waals surface area contributed by atoms with Crippen LogP contribution in [0.4, 0.5) is 4.79 Å². The molecule has 0 bridgehead atoms. The first-order valence-electron chi connectivity index (χ1n) is 12.0. The number of likely N-dealkylation sites (tertiary alicyclic amines) is 1. The Balaban J connectivity index is 1.38. The second-order valence-corrected chi connectivity index (χ2v) is 10.6. The van der Waals surface area contributed by atoms with Crippen LogP contribution in [-0.2, 0) is 17.6 Å². The molecule has 2 aliphatic heterocycles. The summed E-state index contributed by atoms with van der Waals surface area (Å²) in [5, 5.41) is 6.99. The van der Waals surface area contributed by atoms with Crippen LogP contribution in [0, 0.1) is 18.8 Å². The predicted molar refractivity (Wildman–Crippen MR) is 127 cm³/mol. The molecule has 4 amide bonds. The molecule has 2 saturated heterocycles. The minimum Gasteiger partial charge on any atom is -0.361 e. The summed E-state index contributed by atoms with van der Waals surface area (Å²) in [7, 11) is 0. The van der Waals surface area contributed by atoms with E-state index in [0.717, 1.165) is 17.0 Å². The number of urea groups is 1. The van der Waals surface area contributed by atoms with Gasteiger partial charge in [-0.1, -0.05) is 25.9 Å². The van der Waals surface area contributed by atoms with Crippen LogP contribution in [0.3, 0.4) is 0 Å². The number of carbonyl (C=O) groups is 3. The number of nitrogens with zero attached hydrogens (tertiary/aromatic N) is 4. The second-order valence-electron chi connectivity index (χ2n) is 9.67. The Labute approximate surface area is 203 Å². The minimum absolute atomic E-state index is 0.0260. The zero-order valence-corrected chi connectivity index (χ0v) is 21.1. The summed E-state index contributed by atoms with van der Waals surface area (Å²) in [6.07, 6.45) is 3.16. The number of hydrogen-bond donors (Lipinski definition) is 1. The van der Waals surface area contributed by atoms with Gasteiger partial charge in [-0.05, 0) is 38.0 Å². The molecule has 2 aliphatic rings. The predicted octanol–water partition coefficient (Wildman–Crippen LogP) is 3.43. The molecule has 1 atom stereocenters. The molecule has 0 aliphatic carbocycles. The lowest BCUT2D eigenvalue weighted by atomic mass is 9.75. The highest BCUT2D eigenvalue weighted by atomic mass is 32.1. The molecule has 0 aromatic carbocycles. The summed E-state index contributed by atoms with van der Waals surface area (Å²) in [6.45, 7) is 9.43. The van der Waals surface area contributed by atoms with Gasteiger partial charge >= 0.3 is 6.03 Å². The first kappa shape index (κ1) is 24.4. The van der Waals surface area contributed by atoms with Crippen molar-refractivity contribution in [1.29, 1.82) is 0 Å². The quantitative estimate of drug-likeness (QED) is 0.572. The lowest BCUT2D eigenvalue weighted by Crippen LogP contribution is -2.56. The van der Waals surface area contributed by atoms with Crippen LogP contribution in [0.1, 0.15) is 66.9 Å². The number of piperidine rings is 1. The first-order valence-corrected chi connectivity index (χ1v) is 12.9. The zero-order chi connectivity index (χ0) is 24.5. The molecule has 2 aromatic heterocycles. The number of thiazole rings is 1. The molecule has 9 nitrogen and oxygen atoms in total. The molecule has 4 heterocycles. The Morgan fingerprint density at radius 3 is 2.68 bits per heavy atom. The molecule has 0 radical (unpaired) electrons. The summed E-state index contributed by atoms with van der Waals surface area (Å²) < 4.78 is 5.32. The standard InChI is InChI=1S/C24H33N5O4S/c1-5-24(22(31)29(23(32)26-24)11-8-20-16(4)25-14-34-20)17-6-9-28(10-7-17)21(30)19-13-18(33-27-19)12-15(2)3/h13-15,17H,5-12H2,1-4H3,(H,26,32)/t24-/m1/s1. The molecule has 1 N–H and O–H groups in total. The van der Waals surface area contributed by atoms with Crippen LogP contribution in [-0.4, -0.2) is 63.0 Å². The van der Waals surface area contributed by atoms with E-state index in [2.05, 4.69) is 29.3 Å². The number of amides is 4. The number of carbonyl (C=O) groups excluding carboxylic acids is 3. The van der Waals surface area contributed by atoms with Crippen molar-refractivity contribution in [3.63, 3.8) is 0 Å². The van der Waals surface area contributed by atoms with Crippen LogP contribution < -0.4 is 5.32 Å². The monoisotopic (exact) mass is 487 g/mol. The summed E-state index contributed by atoms with van der Waals surface area (Å²) in [4.78, 5) is 47.6. The van der Waals surface area contributed by atoms with E-state index in [1.54, 1.807) is 27.8 Å². The van der Waals surface area contributed by atoms with Crippen LogP contribution in [0.25, 0.3) is 0 Å². The molecule has 4 rings (SSSR count). The maximum Gasteiger partial charge on any atom is 0.325 e. The van der Waals surface area contributed by atoms with Gasteiger partial charge in [-0.3, -0.25) is 14.5 Å². The van der Waals surface area contributed by atoms with E-state index in [1.165, 1.54) is 4.90 Å². The molecule has 184 valence electrons. The number of nitrogens with one attached hydrogen (secondary N) is 1. The summed E-state index contributed by atoms with van der Waals surface area (Å²) in [5.41, 5.74) is 2.15. The van der Waals surface area contributed by atoms with Crippen LogP contribution >= 0.6 is 11.3 Å². The Bertz CT molecular complexity index is 1060. The number of aromatic nitrogens is 2. The van der Waals surface area contributed by atoms with E-state index in [0.29, 0.717) is 62.7 Å². The van der Waals surface area contributed by atoms with Crippen molar-refractivity contribution in [2.45, 2.75) is 65.3 Å². The number of hydrogen-bond acceptors (Lipinski definition) is 7. The lowest BCUT2D eigenvalue weighted by molar-refractivity contribution is -0.134. The Kier molecular flexibility index (Phi) is 7.06. The van der Waals surface area contributed by atoms with E-state index in [4.69, 9.17) is 4.52 Å². The maximum absolute atomic E-state index is 13.5. The summed E-state index contributed by atoms with van der Waals surface area (Å²) in [5.74, 6) is 0.808. The summed E-state index contributed by atoms with van der Waals surface area (Å²) >= 11 is 1.54. The van der Waals surface area contributed by atoms with Crippen molar-refractivity contribution in [3.05, 3.63) is 33.6 Å². The smallest absolute Gasteiger partial charge is 0.325 e. The van der Waals surface area contributed by atoms with Crippen molar-refractivity contribution in [2.75, 3.05) is 19.6 Å². The fraction of sp³-hybridized carbons (Fsp3) is 0.625. The van der Waals surface area contributed by atoms with Gasteiger partial charge in [-0.25, -0.2) is 9.78 Å². The molecule has 34 heavy (non-hydrogen) atoms. The van der Waals surface area contributed by atoms with Crippen molar-refractivity contribution in [1.82, 2.24) is 25.3 Å². The SMILES string of the molecule is CC[C@]1(C2CCN(C(=O)c3cc(CC(C)C)on3)CC2)NC(=O)N(CCc2scnc2C)C1=O. The fourth-order valence-corrected chi connectivity index (χ4v) is 5.85. The van der Waals surface area contributed by atoms with E-state index in [-0.39, 0.29) is 23.8 Å². The first-order chi connectivity index (χ1) is 16.2. The van der Waals surface area contributed by atoms with Gasteiger partial charge in [0, 0.05) is 43.4 Å². The normalized spacial score (nSPS) is 21.6.